The zero-order chi connectivity index (χ0) is 96.6. The predicted octanol–water partition coefficient (Wildman–Crippen LogP) is 26.2. The van der Waals surface area contributed by atoms with Gasteiger partial charge in [0.25, 0.3) is 0 Å². The van der Waals surface area contributed by atoms with Crippen LogP contribution in [0.1, 0.15) is 125 Å². The monoisotopic (exact) mass is 1940 g/mol. The Labute approximate surface area is 824 Å². The highest BCUT2D eigenvalue weighted by molar-refractivity contribution is 7.22. The van der Waals surface area contributed by atoms with Gasteiger partial charge in [-0.1, -0.05) is 124 Å². The zero-order valence-corrected chi connectivity index (χ0v) is 81.7. The number of thiophene rings is 4. The maximum atomic E-state index is 14.4. The molecule has 0 aliphatic carbocycles. The van der Waals surface area contributed by atoms with E-state index < -0.39 is 11.6 Å². The van der Waals surface area contributed by atoms with Crippen molar-refractivity contribution in [3.05, 3.63) is 332 Å². The minimum atomic E-state index is -0.589. The quantitative estimate of drug-likeness (QED) is 0.0287. The van der Waals surface area contributed by atoms with Gasteiger partial charge in [0.2, 0.25) is 23.1 Å². The number of aryl methyl sites for hydroxylation is 2. The molecule has 4 aromatic heterocycles. The summed E-state index contributed by atoms with van der Waals surface area (Å²) in [7, 11) is 0. The van der Waals surface area contributed by atoms with Crippen molar-refractivity contribution < 1.29 is 81.9 Å². The van der Waals surface area contributed by atoms with Crippen LogP contribution in [-0.4, -0.2) is 168 Å². The van der Waals surface area contributed by atoms with E-state index in [0.29, 0.717) is 114 Å². The normalized spacial score (nSPS) is 16.0. The van der Waals surface area contributed by atoms with Gasteiger partial charge in [0.1, 0.15) is 121 Å². The number of hydrogen-bond acceptors (Lipinski definition) is 24. The first-order chi connectivity index (χ1) is 67.5. The molecule has 20 nitrogen and oxygen atoms in total. The fourth-order valence-electron chi connectivity index (χ4n) is 17.5. The highest BCUT2D eigenvalue weighted by atomic mass is 32.1. The van der Waals surface area contributed by atoms with Crippen molar-refractivity contribution in [3.8, 4) is 92.0 Å². The van der Waals surface area contributed by atoms with Crippen LogP contribution in [0.3, 0.4) is 0 Å². The number of ketones is 4. The van der Waals surface area contributed by atoms with E-state index in [-0.39, 0.29) is 50.8 Å². The van der Waals surface area contributed by atoms with Gasteiger partial charge >= 0.3 is 0 Å². The van der Waals surface area contributed by atoms with E-state index in [1.54, 1.807) is 103 Å². The molecule has 0 amide bonds. The molecule has 139 heavy (non-hydrogen) atoms. The Balaban J connectivity index is 0.000000128. The highest BCUT2D eigenvalue weighted by Gasteiger charge is 2.31. The number of ether oxygens (including phenoxy) is 8. The molecule has 4 aliphatic heterocycles. The summed E-state index contributed by atoms with van der Waals surface area (Å²) in [5.74, 6) is 9.65. The Bertz CT molecular complexity index is 6760. The number of halogens is 1. The molecule has 4 atom stereocenters. The fourth-order valence-corrected chi connectivity index (χ4v) is 22.0. The lowest BCUT2D eigenvalue weighted by Crippen LogP contribution is -2.25. The number of aromatic hydroxyl groups is 4. The van der Waals surface area contributed by atoms with Crippen molar-refractivity contribution in [3.63, 3.8) is 0 Å². The molecule has 0 bridgehead atoms. The minimum Gasteiger partial charge on any atom is -0.508 e. The topological polar surface area (TPSA) is 236 Å². The van der Waals surface area contributed by atoms with Crippen LogP contribution in [-0.2, 0) is 0 Å². The first-order valence-electron chi connectivity index (χ1n) is 47.1. The summed E-state index contributed by atoms with van der Waals surface area (Å²) in [6.45, 7) is 28.5. The molecule has 4 aliphatic rings. The van der Waals surface area contributed by atoms with Crippen molar-refractivity contribution in [2.45, 2.75) is 67.2 Å². The summed E-state index contributed by atoms with van der Waals surface area (Å²) in [6.07, 6.45) is 5.02. The van der Waals surface area contributed by atoms with Gasteiger partial charge in [0.15, 0.2) is 23.0 Å². The summed E-state index contributed by atoms with van der Waals surface area (Å²) < 4.78 is 66.0. The number of phenols is 4. The van der Waals surface area contributed by atoms with Crippen molar-refractivity contribution in [1.82, 2.24) is 19.6 Å². The number of carbonyl (C=O) groups is 4. The molecule has 4 saturated heterocycles. The fraction of sp³-hybridized carbons (Fsp3) is 0.263. The maximum Gasteiger partial charge on any atom is 0.209 e. The van der Waals surface area contributed by atoms with Crippen molar-refractivity contribution in [2.75, 3.05) is 105 Å². The average Bonchev–Trinajstić information content (AvgIpc) is 1.64. The van der Waals surface area contributed by atoms with E-state index in [1.165, 1.54) is 77.9 Å². The molecule has 0 radical (unpaired) electrons. The Kier molecular flexibility index (Phi) is 31.8. The molecule has 0 saturated carbocycles. The number of likely N-dealkylation sites (tertiary alicyclic amines) is 4. The predicted molar refractivity (Wildman–Crippen MR) is 552 cm³/mol. The summed E-state index contributed by atoms with van der Waals surface area (Å²) >= 11 is 5.15. The molecule has 0 spiro atoms. The number of hydrogen-bond donors (Lipinski definition) is 4. The highest BCUT2D eigenvalue weighted by Crippen LogP contribution is 2.49. The van der Waals surface area contributed by atoms with Gasteiger partial charge < -0.3 is 58.3 Å². The van der Waals surface area contributed by atoms with E-state index in [0.717, 1.165) is 178 Å². The lowest BCUT2D eigenvalue weighted by atomic mass is 10.0. The summed E-state index contributed by atoms with van der Waals surface area (Å²) in [4.78, 5) is 64.9. The van der Waals surface area contributed by atoms with Gasteiger partial charge in [-0.3, -0.25) is 38.8 Å². The van der Waals surface area contributed by atoms with Crippen molar-refractivity contribution >= 4 is 109 Å². The second-order valence-corrected chi connectivity index (χ2v) is 40.3. The van der Waals surface area contributed by atoms with Gasteiger partial charge in [-0.25, -0.2) is 4.39 Å². The molecule has 20 rings (SSSR count). The van der Waals surface area contributed by atoms with Crippen LogP contribution < -0.4 is 37.9 Å². The SMILES string of the molecule is C[C@H]1CCN(CCOc2ccc(Oc3c(C(=O)c4ccccc4)sc4cc(O)ccc34)cc2)C1.C[C@H]1CCN(CCOc2ccc(Oc3c(C(=O)c4ccccc4F)sc4cc(O)ccc34)cc2)C1.Cc1ccc(C(=O)c2sc3cc(O)ccc3c2Oc2ccc(OCCN3CC[C@H](C)C3)cc2)cc1.Cc1ccccc1C(=O)c1sc2cc(O)ccc2c1Oc1ccc(OCCN2CC[C@H](C)C2)cc1. The lowest BCUT2D eigenvalue weighted by molar-refractivity contribution is 0.102. The van der Waals surface area contributed by atoms with Crippen LogP contribution in [0.15, 0.2) is 273 Å². The Hall–Kier alpha value is -13.5. The van der Waals surface area contributed by atoms with Crippen molar-refractivity contribution in [2.24, 2.45) is 23.7 Å². The van der Waals surface area contributed by atoms with Gasteiger partial charge in [-0.2, -0.15) is 0 Å². The zero-order valence-electron chi connectivity index (χ0n) is 78.4. The third-order valence-corrected chi connectivity index (χ3v) is 29.6. The number of rotatable bonds is 32. The van der Waals surface area contributed by atoms with Gasteiger partial charge in [-0.05, 0) is 277 Å². The molecular weight excluding hydrogens is 1830 g/mol. The summed E-state index contributed by atoms with van der Waals surface area (Å²) in [5.41, 5.74) is 3.82. The molecule has 4 N–H and O–H groups in total. The molecular formula is C114H111FN4O16S4. The Morgan fingerprint density at radius 2 is 0.576 bits per heavy atom. The van der Waals surface area contributed by atoms with E-state index in [1.807, 2.05) is 166 Å². The Morgan fingerprint density at radius 1 is 0.309 bits per heavy atom. The standard InChI is InChI=1S/2C29H29NO4S.C28H26FNO4S.C28H27NO4S/c1-19-3-5-21(6-4-19)27(32)29-28(25-12-7-22(31)17-26(25)35-29)34-24-10-8-23(9-11-24)33-16-15-30-14-13-20(2)18-30;1-19-13-14-30(18-19)15-16-33-22-8-10-23(11-9-22)34-28-25-12-7-21(31)17-26(25)35-29(28)27(32)24-6-4-3-5-20(24)2;1-18-12-13-30(17-18)14-15-33-20-7-9-21(10-8-20)34-27-23-11-6-19(31)16-25(23)35-28(27)26(32)22-4-2-3-5-24(22)29;1-19-13-14-29(18-19)15-16-32-22-8-10-23(11-9-22)33-27-24-12-7-21(30)17-25(24)34-28(27)26(31)20-5-3-2-4-6-20/h3-12,17,20,31H,13-16,18H2,1-2H3;3-12,17,19,31H,13-16,18H2,1-2H3;2-11,16,18,31H,12-15,17H2,1H3;2-12,17,19,30H,13-16,18H2,1H3/t20-;19-;18-;19-/m0000/s1. The van der Waals surface area contributed by atoms with Crippen LogP contribution in [0.2, 0.25) is 0 Å². The van der Waals surface area contributed by atoms with Crippen LogP contribution >= 0.6 is 45.3 Å². The molecule has 0 unspecified atom stereocenters. The molecule has 4 fully saturated rings. The van der Waals surface area contributed by atoms with E-state index in [4.69, 9.17) is 37.9 Å². The first kappa shape index (κ1) is 97.2. The van der Waals surface area contributed by atoms with Gasteiger partial charge in [0, 0.05) is 109 Å². The van der Waals surface area contributed by atoms with Gasteiger partial charge in [0.05, 0.1) is 5.56 Å². The van der Waals surface area contributed by atoms with Gasteiger partial charge in [-0.15, -0.1) is 45.3 Å². The average molecular weight is 1940 g/mol. The largest absolute Gasteiger partial charge is 0.508 e. The molecule has 16 aromatic rings. The molecule has 8 heterocycles. The number of fused-ring (bicyclic) bond motifs is 4. The second-order valence-electron chi connectivity index (χ2n) is 36.1. The third-order valence-electron chi connectivity index (χ3n) is 25.1. The maximum absolute atomic E-state index is 14.4. The first-order valence-corrected chi connectivity index (χ1v) is 50.4. The smallest absolute Gasteiger partial charge is 0.209 e. The summed E-state index contributed by atoms with van der Waals surface area (Å²) in [5, 5.41) is 42.8. The molecule has 12 aromatic carbocycles. The number of carbonyl (C=O) groups excluding carboxylic acids is 4. The third kappa shape index (κ3) is 24.8. The van der Waals surface area contributed by atoms with E-state index in [2.05, 4.69) is 47.3 Å². The number of phenolic OH excluding ortho intramolecular Hbond substituents is 4. The van der Waals surface area contributed by atoms with E-state index >= 15 is 0 Å². The number of nitrogens with zero attached hydrogens (tertiary/aromatic N) is 4. The van der Waals surface area contributed by atoms with Crippen LogP contribution in [0.4, 0.5) is 4.39 Å². The van der Waals surface area contributed by atoms with E-state index in [9.17, 15) is 44.0 Å². The number of benzene rings is 12. The van der Waals surface area contributed by atoms with Crippen LogP contribution in [0.25, 0.3) is 40.3 Å². The molecule has 25 heteroatoms. The summed E-state index contributed by atoms with van der Waals surface area (Å²) in [6, 6.07) is 79.8. The minimum absolute atomic E-state index is 0.0238. The van der Waals surface area contributed by atoms with Crippen molar-refractivity contribution in [1.29, 1.82) is 0 Å². The lowest BCUT2D eigenvalue weighted by Gasteiger charge is -2.15. The van der Waals surface area contributed by atoms with Crippen LogP contribution in [0.5, 0.6) is 92.0 Å². The Morgan fingerprint density at radius 3 is 0.871 bits per heavy atom. The second kappa shape index (κ2) is 45.4. The molecule has 714 valence electrons. The van der Waals surface area contributed by atoms with Crippen LogP contribution in [0, 0.1) is 43.3 Å².